The van der Waals surface area contributed by atoms with Gasteiger partial charge < -0.3 is 21.1 Å². The van der Waals surface area contributed by atoms with Crippen LogP contribution in [0.1, 0.15) is 19.8 Å². The Hall–Kier alpha value is -1.14. The first-order valence-electron chi connectivity index (χ1n) is 3.76. The van der Waals surface area contributed by atoms with E-state index >= 15 is 0 Å². The van der Waals surface area contributed by atoms with Crippen LogP contribution in [0.15, 0.2) is 0 Å². The quantitative estimate of drug-likeness (QED) is 0.466. The standard InChI is InChI=1S/C4H8O2.C3H7NO3/c1-2-3-4(5)6;4-2(1-5)3(6)7/h2-3H2,1H3,(H,5,6);2,5H,1,4H2,(H,6,7)/t;2-/m.0/s1. The molecule has 0 aromatic rings. The molecule has 0 spiro atoms. The summed E-state index contributed by atoms with van der Waals surface area (Å²) in [5.74, 6) is -1.89. The van der Waals surface area contributed by atoms with Crippen molar-refractivity contribution in [3.63, 3.8) is 0 Å². The summed E-state index contributed by atoms with van der Waals surface area (Å²) in [7, 11) is 0. The fourth-order valence-corrected chi connectivity index (χ4v) is 0.292. The van der Waals surface area contributed by atoms with Gasteiger partial charge in [-0.25, -0.2) is 0 Å². The fraction of sp³-hybridized carbons (Fsp3) is 0.714. The van der Waals surface area contributed by atoms with Gasteiger partial charge in [0.25, 0.3) is 0 Å². The third kappa shape index (κ3) is 13.8. The van der Waals surface area contributed by atoms with E-state index in [0.717, 1.165) is 6.42 Å². The number of hydrogen-bond donors (Lipinski definition) is 4. The third-order valence-corrected chi connectivity index (χ3v) is 0.978. The predicted octanol–water partition coefficient (Wildman–Crippen LogP) is -0.738. The molecule has 0 saturated heterocycles. The van der Waals surface area contributed by atoms with Crippen LogP contribution in [-0.2, 0) is 9.59 Å². The lowest BCUT2D eigenvalue weighted by Gasteiger charge is -1.96. The fourth-order valence-electron chi connectivity index (χ4n) is 0.292. The van der Waals surface area contributed by atoms with E-state index in [1.807, 2.05) is 6.92 Å². The minimum absolute atomic E-state index is 0.292. The summed E-state index contributed by atoms with van der Waals surface area (Å²) < 4.78 is 0. The molecule has 0 aromatic carbocycles. The van der Waals surface area contributed by atoms with Crippen molar-refractivity contribution in [2.75, 3.05) is 6.61 Å². The molecule has 0 rings (SSSR count). The monoisotopic (exact) mass is 193 g/mol. The van der Waals surface area contributed by atoms with E-state index in [0.29, 0.717) is 6.42 Å². The lowest BCUT2D eigenvalue weighted by Crippen LogP contribution is -2.33. The molecular formula is C7H15NO5. The summed E-state index contributed by atoms with van der Waals surface area (Å²) in [5.41, 5.74) is 4.77. The van der Waals surface area contributed by atoms with Gasteiger partial charge in [0, 0.05) is 6.42 Å². The zero-order valence-electron chi connectivity index (χ0n) is 7.43. The summed E-state index contributed by atoms with van der Waals surface area (Å²) in [6, 6.07) is -1.13. The van der Waals surface area contributed by atoms with Gasteiger partial charge in [-0.3, -0.25) is 9.59 Å². The Labute approximate surface area is 76.0 Å². The van der Waals surface area contributed by atoms with E-state index in [1.54, 1.807) is 0 Å². The molecule has 0 radical (unpaired) electrons. The second-order valence-corrected chi connectivity index (χ2v) is 2.27. The Bertz CT molecular complexity index is 159. The molecule has 0 heterocycles. The van der Waals surface area contributed by atoms with Gasteiger partial charge in [-0.2, -0.15) is 0 Å². The summed E-state index contributed by atoms with van der Waals surface area (Å²) in [6.45, 7) is 1.34. The highest BCUT2D eigenvalue weighted by Crippen LogP contribution is 1.82. The summed E-state index contributed by atoms with van der Waals surface area (Å²) in [5, 5.41) is 23.8. The molecule has 0 unspecified atom stereocenters. The topological polar surface area (TPSA) is 121 Å². The van der Waals surface area contributed by atoms with Crippen molar-refractivity contribution in [2.45, 2.75) is 25.8 Å². The van der Waals surface area contributed by atoms with Crippen LogP contribution in [-0.4, -0.2) is 39.9 Å². The van der Waals surface area contributed by atoms with Crippen LogP contribution in [0.3, 0.4) is 0 Å². The molecule has 6 nitrogen and oxygen atoms in total. The number of aliphatic carboxylic acids is 2. The second-order valence-electron chi connectivity index (χ2n) is 2.27. The predicted molar refractivity (Wildman–Crippen MR) is 45.2 cm³/mol. The van der Waals surface area contributed by atoms with Gasteiger partial charge in [-0.05, 0) is 6.42 Å². The molecule has 0 bridgehead atoms. The molecule has 78 valence electrons. The Morgan fingerprint density at radius 1 is 1.38 bits per heavy atom. The molecule has 0 fully saturated rings. The van der Waals surface area contributed by atoms with Crippen LogP contribution in [0, 0.1) is 0 Å². The minimum atomic E-state index is -1.18. The number of aliphatic hydroxyl groups excluding tert-OH is 1. The number of carbonyl (C=O) groups is 2. The largest absolute Gasteiger partial charge is 0.481 e. The minimum Gasteiger partial charge on any atom is -0.481 e. The molecule has 1 atom stereocenters. The third-order valence-electron chi connectivity index (χ3n) is 0.978. The highest BCUT2D eigenvalue weighted by molar-refractivity contribution is 5.73. The summed E-state index contributed by atoms with van der Waals surface area (Å²) in [4.78, 5) is 19.2. The molecule has 5 N–H and O–H groups in total. The van der Waals surface area contributed by atoms with Gasteiger partial charge in [0.2, 0.25) is 0 Å². The van der Waals surface area contributed by atoms with Gasteiger partial charge in [0.15, 0.2) is 0 Å². The van der Waals surface area contributed by atoms with Crippen molar-refractivity contribution in [2.24, 2.45) is 5.73 Å². The number of carboxylic acids is 2. The summed E-state index contributed by atoms with van der Waals surface area (Å²) in [6.07, 6.45) is 1.02. The normalized spacial score (nSPS) is 11.0. The van der Waals surface area contributed by atoms with Gasteiger partial charge in [-0.15, -0.1) is 0 Å². The van der Waals surface area contributed by atoms with E-state index in [2.05, 4.69) is 0 Å². The first kappa shape index (κ1) is 14.4. The lowest BCUT2D eigenvalue weighted by molar-refractivity contribution is -0.139. The Balaban J connectivity index is 0. The number of hydrogen-bond acceptors (Lipinski definition) is 4. The molecule has 0 saturated carbocycles. The number of rotatable bonds is 4. The average Bonchev–Trinajstić information content (AvgIpc) is 2.03. The van der Waals surface area contributed by atoms with Crippen molar-refractivity contribution < 1.29 is 24.9 Å². The van der Waals surface area contributed by atoms with Gasteiger partial charge in [0.05, 0.1) is 6.61 Å². The number of carboxylic acid groups (broad SMARTS) is 2. The molecule has 0 aliphatic rings. The van der Waals surface area contributed by atoms with Crippen molar-refractivity contribution in [1.82, 2.24) is 0 Å². The van der Waals surface area contributed by atoms with Crippen LogP contribution in [0.4, 0.5) is 0 Å². The van der Waals surface area contributed by atoms with E-state index < -0.39 is 24.6 Å². The van der Waals surface area contributed by atoms with E-state index in [9.17, 15) is 9.59 Å². The van der Waals surface area contributed by atoms with Crippen molar-refractivity contribution in [3.05, 3.63) is 0 Å². The van der Waals surface area contributed by atoms with Gasteiger partial charge >= 0.3 is 11.9 Å². The Morgan fingerprint density at radius 3 is 1.85 bits per heavy atom. The first-order chi connectivity index (χ1) is 5.95. The maximum absolute atomic E-state index is 9.65. The molecule has 0 amide bonds. The average molecular weight is 193 g/mol. The smallest absolute Gasteiger partial charge is 0.322 e. The molecule has 0 aliphatic carbocycles. The lowest BCUT2D eigenvalue weighted by atomic mass is 10.3. The van der Waals surface area contributed by atoms with E-state index in [1.165, 1.54) is 0 Å². The van der Waals surface area contributed by atoms with Crippen molar-refractivity contribution in [3.8, 4) is 0 Å². The molecule has 13 heavy (non-hydrogen) atoms. The van der Waals surface area contributed by atoms with Gasteiger partial charge in [-0.1, -0.05) is 6.92 Å². The molecular weight excluding hydrogens is 178 g/mol. The zero-order valence-corrected chi connectivity index (χ0v) is 7.43. The molecule has 0 aromatic heterocycles. The molecule has 6 heteroatoms. The Morgan fingerprint density at radius 2 is 1.85 bits per heavy atom. The first-order valence-corrected chi connectivity index (χ1v) is 3.76. The Kier molecular flexibility index (Phi) is 9.91. The van der Waals surface area contributed by atoms with Crippen molar-refractivity contribution in [1.29, 1.82) is 0 Å². The van der Waals surface area contributed by atoms with Crippen LogP contribution in [0.5, 0.6) is 0 Å². The van der Waals surface area contributed by atoms with E-state index in [-0.39, 0.29) is 0 Å². The summed E-state index contributed by atoms with van der Waals surface area (Å²) >= 11 is 0. The van der Waals surface area contributed by atoms with Crippen LogP contribution >= 0.6 is 0 Å². The highest BCUT2D eigenvalue weighted by atomic mass is 16.4. The van der Waals surface area contributed by atoms with Crippen LogP contribution in [0.2, 0.25) is 0 Å². The SMILES string of the molecule is CCCC(=O)O.N[C@@H](CO)C(=O)O. The second kappa shape index (κ2) is 8.95. The van der Waals surface area contributed by atoms with Crippen LogP contribution < -0.4 is 5.73 Å². The number of nitrogens with two attached hydrogens (primary N) is 1. The zero-order chi connectivity index (χ0) is 10.9. The number of aliphatic hydroxyl groups is 1. The van der Waals surface area contributed by atoms with Crippen LogP contribution in [0.25, 0.3) is 0 Å². The van der Waals surface area contributed by atoms with Crippen molar-refractivity contribution >= 4 is 11.9 Å². The molecule has 0 aliphatic heterocycles. The highest BCUT2D eigenvalue weighted by Gasteiger charge is 2.06. The maximum Gasteiger partial charge on any atom is 0.322 e. The van der Waals surface area contributed by atoms with Gasteiger partial charge in [0.1, 0.15) is 6.04 Å². The van der Waals surface area contributed by atoms with E-state index in [4.69, 9.17) is 21.1 Å². The maximum atomic E-state index is 9.65.